The maximum absolute atomic E-state index is 12.3. The third kappa shape index (κ3) is 3.46. The Kier molecular flexibility index (Phi) is 5.77. The summed E-state index contributed by atoms with van der Waals surface area (Å²) in [5.41, 5.74) is 0. The van der Waals surface area contributed by atoms with E-state index in [0.717, 1.165) is 25.8 Å². The fourth-order valence-corrected chi connectivity index (χ4v) is 2.05. The van der Waals surface area contributed by atoms with E-state index >= 15 is 0 Å². The molecule has 0 radical (unpaired) electrons. The summed E-state index contributed by atoms with van der Waals surface area (Å²) >= 11 is 0. The Morgan fingerprint density at radius 2 is 2.38 bits per heavy atom. The van der Waals surface area contributed by atoms with Gasteiger partial charge in [0, 0.05) is 19.7 Å². The van der Waals surface area contributed by atoms with Gasteiger partial charge < -0.3 is 15.0 Å². The van der Waals surface area contributed by atoms with Crippen molar-refractivity contribution in [3.63, 3.8) is 0 Å². The molecule has 0 aliphatic carbocycles. The standard InChI is InChI=1S/C12H24N2O2/c1-4-10(2)14(8-9-16-3)12(15)11-6-5-7-13-11/h10-11,13H,4-9H2,1-3H3/t10?,11-/m0/s1. The zero-order valence-corrected chi connectivity index (χ0v) is 10.7. The Morgan fingerprint density at radius 3 is 2.88 bits per heavy atom. The van der Waals surface area contributed by atoms with Crippen molar-refractivity contribution in [1.82, 2.24) is 10.2 Å². The largest absolute Gasteiger partial charge is 0.383 e. The molecule has 1 aliphatic heterocycles. The summed E-state index contributed by atoms with van der Waals surface area (Å²) in [5.74, 6) is 0.240. The van der Waals surface area contributed by atoms with E-state index in [-0.39, 0.29) is 11.9 Å². The van der Waals surface area contributed by atoms with Crippen LogP contribution in [0.4, 0.5) is 0 Å². The Bertz CT molecular complexity index is 215. The number of hydrogen-bond donors (Lipinski definition) is 1. The van der Waals surface area contributed by atoms with Crippen LogP contribution < -0.4 is 5.32 Å². The van der Waals surface area contributed by atoms with Gasteiger partial charge in [0.15, 0.2) is 0 Å². The number of carbonyl (C=O) groups is 1. The van der Waals surface area contributed by atoms with Gasteiger partial charge in [0.2, 0.25) is 5.91 Å². The predicted octanol–water partition coefficient (Wildman–Crippen LogP) is 1.01. The van der Waals surface area contributed by atoms with Gasteiger partial charge in [-0.2, -0.15) is 0 Å². The van der Waals surface area contributed by atoms with Crippen LogP contribution in [-0.2, 0) is 9.53 Å². The van der Waals surface area contributed by atoms with Gasteiger partial charge in [-0.1, -0.05) is 6.92 Å². The number of amides is 1. The first kappa shape index (κ1) is 13.5. The van der Waals surface area contributed by atoms with Crippen LogP contribution in [0.2, 0.25) is 0 Å². The summed E-state index contributed by atoms with van der Waals surface area (Å²) < 4.78 is 5.07. The lowest BCUT2D eigenvalue weighted by molar-refractivity contribution is -0.135. The molecular formula is C12H24N2O2. The monoisotopic (exact) mass is 228 g/mol. The number of rotatable bonds is 6. The molecule has 0 aromatic carbocycles. The smallest absolute Gasteiger partial charge is 0.240 e. The summed E-state index contributed by atoms with van der Waals surface area (Å²) in [4.78, 5) is 14.2. The second-order valence-electron chi connectivity index (χ2n) is 4.43. The van der Waals surface area contributed by atoms with E-state index in [0.29, 0.717) is 19.2 Å². The molecule has 1 saturated heterocycles. The van der Waals surface area contributed by atoms with Crippen molar-refractivity contribution < 1.29 is 9.53 Å². The summed E-state index contributed by atoms with van der Waals surface area (Å²) in [7, 11) is 1.67. The fraction of sp³-hybridized carbons (Fsp3) is 0.917. The quantitative estimate of drug-likeness (QED) is 0.738. The molecule has 1 fully saturated rings. The number of ether oxygens (including phenoxy) is 1. The van der Waals surface area contributed by atoms with E-state index in [2.05, 4.69) is 19.2 Å². The highest BCUT2D eigenvalue weighted by atomic mass is 16.5. The van der Waals surface area contributed by atoms with Gasteiger partial charge in [-0.15, -0.1) is 0 Å². The van der Waals surface area contributed by atoms with Crippen LogP contribution in [0.3, 0.4) is 0 Å². The lowest BCUT2D eigenvalue weighted by Crippen LogP contribution is -2.48. The van der Waals surface area contributed by atoms with E-state index in [4.69, 9.17) is 4.74 Å². The molecule has 16 heavy (non-hydrogen) atoms. The molecule has 4 heteroatoms. The Morgan fingerprint density at radius 1 is 1.62 bits per heavy atom. The molecule has 1 heterocycles. The Hall–Kier alpha value is -0.610. The van der Waals surface area contributed by atoms with Crippen molar-refractivity contribution in [3.05, 3.63) is 0 Å². The highest BCUT2D eigenvalue weighted by Gasteiger charge is 2.28. The van der Waals surface area contributed by atoms with Gasteiger partial charge in [-0.25, -0.2) is 0 Å². The van der Waals surface area contributed by atoms with Crippen LogP contribution in [0, 0.1) is 0 Å². The van der Waals surface area contributed by atoms with Crippen molar-refractivity contribution in [2.45, 2.75) is 45.2 Å². The van der Waals surface area contributed by atoms with Crippen LogP contribution in [0.25, 0.3) is 0 Å². The molecule has 1 rings (SSSR count). The maximum atomic E-state index is 12.3. The minimum Gasteiger partial charge on any atom is -0.383 e. The third-order valence-electron chi connectivity index (χ3n) is 3.30. The molecule has 2 atom stereocenters. The average Bonchev–Trinajstić information content (AvgIpc) is 2.82. The molecule has 0 aromatic rings. The summed E-state index contributed by atoms with van der Waals surface area (Å²) in [6.45, 7) is 6.49. The second-order valence-corrected chi connectivity index (χ2v) is 4.43. The number of carbonyl (C=O) groups excluding carboxylic acids is 1. The minimum atomic E-state index is 0.0332. The van der Waals surface area contributed by atoms with E-state index < -0.39 is 0 Å². The van der Waals surface area contributed by atoms with Gasteiger partial charge in [0.1, 0.15) is 0 Å². The minimum absolute atomic E-state index is 0.0332. The normalized spacial score (nSPS) is 22.1. The summed E-state index contributed by atoms with van der Waals surface area (Å²) in [6.07, 6.45) is 3.07. The van der Waals surface area contributed by atoms with Crippen LogP contribution in [-0.4, -0.2) is 49.7 Å². The number of methoxy groups -OCH3 is 1. The number of nitrogens with zero attached hydrogens (tertiary/aromatic N) is 1. The zero-order valence-electron chi connectivity index (χ0n) is 10.7. The van der Waals surface area contributed by atoms with Gasteiger partial charge >= 0.3 is 0 Å². The lowest BCUT2D eigenvalue weighted by atomic mass is 10.1. The molecule has 1 unspecified atom stereocenters. The van der Waals surface area contributed by atoms with Crippen molar-refractivity contribution >= 4 is 5.91 Å². The van der Waals surface area contributed by atoms with Crippen molar-refractivity contribution in [3.8, 4) is 0 Å². The van der Waals surface area contributed by atoms with Crippen LogP contribution in [0.1, 0.15) is 33.1 Å². The van der Waals surface area contributed by atoms with Crippen molar-refractivity contribution in [2.75, 3.05) is 26.8 Å². The first-order chi connectivity index (χ1) is 7.70. The van der Waals surface area contributed by atoms with E-state index in [1.54, 1.807) is 7.11 Å². The molecule has 1 aliphatic rings. The average molecular weight is 228 g/mol. The summed E-state index contributed by atoms with van der Waals surface area (Å²) in [6, 6.07) is 0.330. The zero-order chi connectivity index (χ0) is 12.0. The highest BCUT2D eigenvalue weighted by Crippen LogP contribution is 2.12. The topological polar surface area (TPSA) is 41.6 Å². The first-order valence-electron chi connectivity index (χ1n) is 6.23. The maximum Gasteiger partial charge on any atom is 0.240 e. The van der Waals surface area contributed by atoms with Crippen LogP contribution >= 0.6 is 0 Å². The molecule has 4 nitrogen and oxygen atoms in total. The second kappa shape index (κ2) is 6.86. The molecule has 0 spiro atoms. The molecule has 1 N–H and O–H groups in total. The Balaban J connectivity index is 2.55. The van der Waals surface area contributed by atoms with E-state index in [1.165, 1.54) is 0 Å². The molecule has 1 amide bonds. The number of hydrogen-bond acceptors (Lipinski definition) is 3. The van der Waals surface area contributed by atoms with E-state index in [1.807, 2.05) is 4.90 Å². The van der Waals surface area contributed by atoms with Gasteiger partial charge in [0.05, 0.1) is 12.6 Å². The molecular weight excluding hydrogens is 204 g/mol. The third-order valence-corrected chi connectivity index (χ3v) is 3.30. The molecule has 0 saturated carbocycles. The van der Waals surface area contributed by atoms with Crippen LogP contribution in [0.15, 0.2) is 0 Å². The molecule has 94 valence electrons. The predicted molar refractivity (Wildman–Crippen MR) is 64.4 cm³/mol. The summed E-state index contributed by atoms with van der Waals surface area (Å²) in [5, 5.41) is 3.26. The number of nitrogens with one attached hydrogen (secondary N) is 1. The fourth-order valence-electron chi connectivity index (χ4n) is 2.05. The molecule has 0 bridgehead atoms. The van der Waals surface area contributed by atoms with Gasteiger partial charge in [-0.05, 0) is 32.7 Å². The van der Waals surface area contributed by atoms with Crippen molar-refractivity contribution in [2.24, 2.45) is 0 Å². The molecule has 0 aromatic heterocycles. The van der Waals surface area contributed by atoms with E-state index in [9.17, 15) is 4.79 Å². The lowest BCUT2D eigenvalue weighted by Gasteiger charge is -2.30. The van der Waals surface area contributed by atoms with Crippen molar-refractivity contribution in [1.29, 1.82) is 0 Å². The van der Waals surface area contributed by atoms with Crippen LogP contribution in [0.5, 0.6) is 0 Å². The SMILES string of the molecule is CCC(C)N(CCOC)C(=O)[C@@H]1CCCN1. The van der Waals surface area contributed by atoms with Gasteiger partial charge in [0.25, 0.3) is 0 Å². The first-order valence-corrected chi connectivity index (χ1v) is 6.23. The Labute approximate surface area is 98.3 Å². The highest BCUT2D eigenvalue weighted by molar-refractivity contribution is 5.82. The van der Waals surface area contributed by atoms with Gasteiger partial charge in [-0.3, -0.25) is 4.79 Å².